The third-order valence-corrected chi connectivity index (χ3v) is 9.32. The Kier molecular flexibility index (Phi) is 11.1. The Balaban J connectivity index is 0.000000249. The summed E-state index contributed by atoms with van der Waals surface area (Å²) in [4.78, 5) is 21.2. The van der Waals surface area contributed by atoms with Gasteiger partial charge in [-0.25, -0.2) is 0 Å². The Hall–Kier alpha value is -3.66. The van der Waals surface area contributed by atoms with Gasteiger partial charge in [-0.3, -0.25) is 9.78 Å². The second kappa shape index (κ2) is 14.6. The second-order valence-corrected chi connectivity index (χ2v) is 12.3. The molecule has 0 atom stereocenters. The third-order valence-electron chi connectivity index (χ3n) is 9.32. The van der Waals surface area contributed by atoms with Gasteiger partial charge in [-0.05, 0) is 77.0 Å². The minimum atomic E-state index is -0.180. The van der Waals surface area contributed by atoms with E-state index in [1.165, 1.54) is 44.5 Å². The molecule has 4 nitrogen and oxygen atoms in total. The number of allylic oxidation sites excluding steroid dienone is 2. The Morgan fingerprint density at radius 1 is 0.867 bits per heavy atom. The molecule has 3 aromatic carbocycles. The van der Waals surface area contributed by atoms with Gasteiger partial charge in [0.05, 0.1) is 5.76 Å². The second-order valence-electron chi connectivity index (χ2n) is 12.3. The molecule has 5 aromatic rings. The van der Waals surface area contributed by atoms with Gasteiger partial charge < -0.3 is 10.1 Å². The van der Waals surface area contributed by atoms with Gasteiger partial charge in [-0.1, -0.05) is 113 Å². The van der Waals surface area contributed by atoms with Crippen molar-refractivity contribution in [2.45, 2.75) is 72.6 Å². The van der Waals surface area contributed by atoms with E-state index in [2.05, 4.69) is 91.6 Å². The molecular formula is C40H43IrN2O2-. The Morgan fingerprint density at radius 2 is 1.56 bits per heavy atom. The molecule has 235 valence electrons. The monoisotopic (exact) mass is 776 g/mol. The van der Waals surface area contributed by atoms with E-state index in [4.69, 9.17) is 4.98 Å². The van der Waals surface area contributed by atoms with Crippen LogP contribution in [0.1, 0.15) is 78.4 Å². The Labute approximate surface area is 281 Å². The van der Waals surface area contributed by atoms with Gasteiger partial charge in [-0.2, -0.15) is 11.6 Å². The summed E-state index contributed by atoms with van der Waals surface area (Å²) >= 11 is 0. The first-order valence-corrected chi connectivity index (χ1v) is 16.0. The normalized spacial score (nSPS) is 13.3. The average molecular weight is 776 g/mol. The number of rotatable bonds is 8. The van der Waals surface area contributed by atoms with Gasteiger partial charge in [0.15, 0.2) is 5.78 Å². The minimum Gasteiger partial charge on any atom is -0.512 e. The molecule has 1 aliphatic carbocycles. The van der Waals surface area contributed by atoms with Crippen molar-refractivity contribution in [1.82, 2.24) is 9.97 Å². The summed E-state index contributed by atoms with van der Waals surface area (Å²) in [6.07, 6.45) is 8.67. The smallest absolute Gasteiger partial charge is 0.162 e. The minimum absolute atomic E-state index is 0. The van der Waals surface area contributed by atoms with E-state index < -0.39 is 0 Å². The number of carbonyl (C=O) groups is 1. The van der Waals surface area contributed by atoms with Gasteiger partial charge in [0.2, 0.25) is 0 Å². The summed E-state index contributed by atoms with van der Waals surface area (Å²) in [5.41, 5.74) is 7.94. The number of nitrogens with zero attached hydrogens (tertiary/aromatic N) is 2. The maximum Gasteiger partial charge on any atom is 0.162 e. The number of hydrogen-bond donors (Lipinski definition) is 1. The molecule has 5 heteroatoms. The number of pyridine rings is 2. The van der Waals surface area contributed by atoms with Crippen LogP contribution in [-0.4, -0.2) is 20.9 Å². The summed E-state index contributed by atoms with van der Waals surface area (Å²) in [5.74, 6) is 0.547. The number of aromatic nitrogens is 2. The summed E-state index contributed by atoms with van der Waals surface area (Å²) in [6, 6.07) is 27.0. The van der Waals surface area contributed by atoms with Crippen molar-refractivity contribution >= 4 is 27.5 Å². The molecule has 2 heterocycles. The molecule has 6 rings (SSSR count). The van der Waals surface area contributed by atoms with Gasteiger partial charge in [0.1, 0.15) is 0 Å². The van der Waals surface area contributed by atoms with E-state index in [-0.39, 0.29) is 48.9 Å². The zero-order chi connectivity index (χ0) is 31.4. The quantitative estimate of drug-likeness (QED) is 0.0969. The first-order chi connectivity index (χ1) is 21.2. The van der Waals surface area contributed by atoms with Crippen molar-refractivity contribution in [3.05, 3.63) is 108 Å². The van der Waals surface area contributed by atoms with Crippen LogP contribution < -0.4 is 0 Å². The summed E-state index contributed by atoms with van der Waals surface area (Å²) in [5, 5.41) is 13.4. The molecule has 0 spiro atoms. The van der Waals surface area contributed by atoms with Crippen LogP contribution in [0.5, 0.6) is 0 Å². The molecule has 0 bridgehead atoms. The zero-order valence-corrected chi connectivity index (χ0v) is 29.5. The van der Waals surface area contributed by atoms with Crippen LogP contribution >= 0.6 is 0 Å². The molecule has 1 aliphatic rings. The molecule has 0 fully saturated rings. The summed E-state index contributed by atoms with van der Waals surface area (Å²) in [7, 11) is 0. The largest absolute Gasteiger partial charge is 0.512 e. The zero-order valence-electron chi connectivity index (χ0n) is 27.1. The molecule has 1 N–H and O–H groups in total. The van der Waals surface area contributed by atoms with Crippen LogP contribution in [0.4, 0.5) is 0 Å². The van der Waals surface area contributed by atoms with Gasteiger partial charge in [0, 0.05) is 49.7 Å². The molecule has 45 heavy (non-hydrogen) atoms. The van der Waals surface area contributed by atoms with Crippen LogP contribution in [0.25, 0.3) is 44.1 Å². The number of ketones is 1. The number of aliphatic hydroxyl groups excluding tert-OH is 1. The fourth-order valence-corrected chi connectivity index (χ4v) is 6.61. The third kappa shape index (κ3) is 6.66. The van der Waals surface area contributed by atoms with E-state index in [0.29, 0.717) is 0 Å². The molecule has 0 saturated heterocycles. The van der Waals surface area contributed by atoms with Crippen molar-refractivity contribution in [2.24, 2.45) is 11.8 Å². The molecule has 0 amide bonds. The fourth-order valence-electron chi connectivity index (χ4n) is 6.61. The number of fused-ring (bicyclic) bond motifs is 4. The van der Waals surface area contributed by atoms with Crippen LogP contribution in [0.3, 0.4) is 0 Å². The molecule has 0 unspecified atom stereocenters. The first-order valence-electron chi connectivity index (χ1n) is 16.0. The standard InChI is InChI=1S/C27H19N2.C13H24O2.Ir/c1-27(2)22-9-6-10-23-24(22)20(13-14-28-23)26-25(27)21-15-18(11-12-19(21)16-29-26)17-7-4-3-5-8-17;1-5-10(6-2)12(14)9-13(15)11(7-3)8-4;/h3-12,14-16H,1-2H3;9-11,14H,5-8H2,1-4H3;/q-1;;/b;12-9-;. The van der Waals surface area contributed by atoms with E-state index in [1.54, 1.807) is 6.20 Å². The SMILES string of the molecule is CC1(C)c2c(ncc3ccc(-c4ccccc4)cc23)-c2[c-]cnc3cccc1c23.CCC(CC)C(=O)/C=C(\O)C(CC)CC.[Ir]. The molecule has 1 radical (unpaired) electrons. The van der Waals surface area contributed by atoms with E-state index in [0.717, 1.165) is 42.5 Å². The first kappa shape index (κ1) is 34.2. The topological polar surface area (TPSA) is 63.1 Å². The predicted molar refractivity (Wildman–Crippen MR) is 183 cm³/mol. The average Bonchev–Trinajstić information content (AvgIpc) is 3.04. The van der Waals surface area contributed by atoms with Crippen molar-refractivity contribution in [3.8, 4) is 22.4 Å². The fraction of sp³-hybridized carbons (Fsp3) is 0.325. The van der Waals surface area contributed by atoms with Gasteiger partial charge in [0.25, 0.3) is 0 Å². The summed E-state index contributed by atoms with van der Waals surface area (Å²) < 4.78 is 0. The van der Waals surface area contributed by atoms with Crippen molar-refractivity contribution in [3.63, 3.8) is 0 Å². The number of benzene rings is 3. The molecule has 0 saturated carbocycles. The van der Waals surface area contributed by atoms with E-state index >= 15 is 0 Å². The molecular weight excluding hydrogens is 733 g/mol. The van der Waals surface area contributed by atoms with Crippen LogP contribution in [-0.2, 0) is 30.3 Å². The number of hydrogen-bond acceptors (Lipinski definition) is 4. The van der Waals surface area contributed by atoms with E-state index in [1.807, 2.05) is 33.9 Å². The maximum atomic E-state index is 11.7. The van der Waals surface area contributed by atoms with Gasteiger partial charge >= 0.3 is 0 Å². The number of aliphatic hydroxyl groups is 1. The van der Waals surface area contributed by atoms with Gasteiger partial charge in [-0.15, -0.1) is 0 Å². The van der Waals surface area contributed by atoms with Crippen molar-refractivity contribution in [1.29, 1.82) is 0 Å². The van der Waals surface area contributed by atoms with Crippen LogP contribution in [0.15, 0.2) is 91.0 Å². The van der Waals surface area contributed by atoms with Crippen LogP contribution in [0, 0.1) is 17.9 Å². The summed E-state index contributed by atoms with van der Waals surface area (Å²) in [6.45, 7) is 12.7. The van der Waals surface area contributed by atoms with Crippen molar-refractivity contribution in [2.75, 3.05) is 0 Å². The Morgan fingerprint density at radius 3 is 2.22 bits per heavy atom. The maximum absolute atomic E-state index is 11.7. The van der Waals surface area contributed by atoms with Crippen molar-refractivity contribution < 1.29 is 30.0 Å². The Bertz CT molecular complexity index is 1810. The predicted octanol–water partition coefficient (Wildman–Crippen LogP) is 10.4. The molecule has 0 aliphatic heterocycles. The molecule has 2 aromatic heterocycles. The van der Waals surface area contributed by atoms with E-state index in [9.17, 15) is 9.90 Å². The number of carbonyl (C=O) groups excluding carboxylic acids is 1. The van der Waals surface area contributed by atoms with Crippen LogP contribution in [0.2, 0.25) is 0 Å².